The number of amides is 1. The fourth-order valence-corrected chi connectivity index (χ4v) is 6.56. The van der Waals surface area contributed by atoms with Gasteiger partial charge in [0.1, 0.15) is 11.5 Å². The molecule has 0 radical (unpaired) electrons. The number of Topliss-reactive ketones (excluding diaryl/α,β-unsaturated/α-hetero) is 1. The third kappa shape index (κ3) is 3.88. The van der Waals surface area contributed by atoms with Gasteiger partial charge in [-0.3, -0.25) is 14.6 Å². The predicted molar refractivity (Wildman–Crippen MR) is 152 cm³/mol. The fourth-order valence-electron chi connectivity index (χ4n) is 6.56. The second-order valence-electron chi connectivity index (χ2n) is 10.8. The number of aromatic nitrogens is 5. The molecule has 2 aliphatic rings. The molecule has 1 unspecified atom stereocenters. The minimum Gasteiger partial charge on any atom is -0.383 e. The van der Waals surface area contributed by atoms with E-state index in [1.807, 2.05) is 65.7 Å². The average molecular weight is 532 g/mol. The number of fused-ring (bicyclic) bond motifs is 3. The molecule has 3 N–H and O–H groups in total. The number of nitrogens with zero attached hydrogens (tertiary/aromatic N) is 5. The summed E-state index contributed by atoms with van der Waals surface area (Å²) in [4.78, 5) is 41.0. The highest BCUT2D eigenvalue weighted by Gasteiger charge is 2.45. The molecule has 2 bridgehead atoms. The van der Waals surface area contributed by atoms with Gasteiger partial charge in [0.2, 0.25) is 0 Å². The van der Waals surface area contributed by atoms with E-state index in [0.29, 0.717) is 28.4 Å². The van der Waals surface area contributed by atoms with Crippen molar-refractivity contribution in [2.45, 2.75) is 50.6 Å². The number of anilines is 1. The van der Waals surface area contributed by atoms with Crippen molar-refractivity contribution in [3.05, 3.63) is 90.1 Å². The fraction of sp³-hybridized carbons (Fsp3) is 0.258. The number of nitrogen functional groups attached to an aromatic ring is 1. The van der Waals surface area contributed by atoms with Crippen LogP contribution in [0.15, 0.2) is 73.2 Å². The van der Waals surface area contributed by atoms with Crippen LogP contribution in [0.2, 0.25) is 0 Å². The standard InChI is InChI=1S/C31H29N7O2/c1-18(39)27-28(21-14-22-10-11-23(15-21)37(22)31(40)26-8-5-13-33-26)36-30-24(17-35-38(30)29(27)32)20-9-12-25(34-16-20)19-6-3-2-4-7-19/h2-9,12-13,16-17,21-23,33H,10-11,14-15,32H2,1H3/t21?,22-,23+. The van der Waals surface area contributed by atoms with E-state index in [4.69, 9.17) is 10.7 Å². The summed E-state index contributed by atoms with van der Waals surface area (Å²) >= 11 is 0. The summed E-state index contributed by atoms with van der Waals surface area (Å²) < 4.78 is 1.55. The second-order valence-corrected chi connectivity index (χ2v) is 10.8. The van der Waals surface area contributed by atoms with Gasteiger partial charge in [-0.1, -0.05) is 36.4 Å². The molecule has 0 saturated carbocycles. The van der Waals surface area contributed by atoms with Crippen molar-refractivity contribution in [3.8, 4) is 22.4 Å². The molecule has 2 fully saturated rings. The number of carbonyl (C=O) groups is 2. The van der Waals surface area contributed by atoms with Crippen LogP contribution >= 0.6 is 0 Å². The number of hydrogen-bond acceptors (Lipinski definition) is 6. The van der Waals surface area contributed by atoms with Crippen LogP contribution in [0.5, 0.6) is 0 Å². The van der Waals surface area contributed by atoms with E-state index in [2.05, 4.69) is 15.1 Å². The summed E-state index contributed by atoms with van der Waals surface area (Å²) in [5.74, 6) is 0.211. The molecule has 5 aromatic rings. The van der Waals surface area contributed by atoms with Crippen molar-refractivity contribution in [2.24, 2.45) is 0 Å². The van der Waals surface area contributed by atoms with Crippen LogP contribution in [0.4, 0.5) is 5.82 Å². The number of benzene rings is 1. The lowest BCUT2D eigenvalue weighted by Gasteiger charge is -2.39. The quantitative estimate of drug-likeness (QED) is 0.304. The molecular formula is C31H29N7O2. The Morgan fingerprint density at radius 1 is 0.950 bits per heavy atom. The van der Waals surface area contributed by atoms with Crippen LogP contribution in [0.1, 0.15) is 65.1 Å². The maximum absolute atomic E-state index is 13.2. The Morgan fingerprint density at radius 2 is 1.73 bits per heavy atom. The van der Waals surface area contributed by atoms with Crippen molar-refractivity contribution >= 4 is 23.2 Å². The molecule has 200 valence electrons. The van der Waals surface area contributed by atoms with Crippen LogP contribution in [0.25, 0.3) is 28.0 Å². The van der Waals surface area contributed by atoms with E-state index >= 15 is 0 Å². The monoisotopic (exact) mass is 531 g/mol. The highest BCUT2D eigenvalue weighted by atomic mass is 16.2. The van der Waals surface area contributed by atoms with Gasteiger partial charge in [-0.05, 0) is 50.8 Å². The molecule has 4 aromatic heterocycles. The topological polar surface area (TPSA) is 122 Å². The molecule has 7 rings (SSSR count). The zero-order valence-electron chi connectivity index (χ0n) is 22.1. The number of pyridine rings is 1. The van der Waals surface area contributed by atoms with Crippen LogP contribution in [-0.2, 0) is 0 Å². The molecule has 1 aromatic carbocycles. The maximum Gasteiger partial charge on any atom is 0.270 e. The van der Waals surface area contributed by atoms with Gasteiger partial charge < -0.3 is 15.6 Å². The van der Waals surface area contributed by atoms with Crippen LogP contribution in [-0.4, -0.2) is 53.2 Å². The van der Waals surface area contributed by atoms with Crippen LogP contribution < -0.4 is 5.73 Å². The third-order valence-electron chi connectivity index (χ3n) is 8.39. The molecule has 2 saturated heterocycles. The van der Waals surface area contributed by atoms with Crippen molar-refractivity contribution in [3.63, 3.8) is 0 Å². The molecular weight excluding hydrogens is 502 g/mol. The number of hydrogen-bond donors (Lipinski definition) is 2. The Kier molecular flexibility index (Phi) is 5.73. The van der Waals surface area contributed by atoms with E-state index in [-0.39, 0.29) is 29.7 Å². The van der Waals surface area contributed by atoms with Crippen molar-refractivity contribution in [1.29, 1.82) is 0 Å². The van der Waals surface area contributed by atoms with Crippen molar-refractivity contribution in [1.82, 2.24) is 29.5 Å². The van der Waals surface area contributed by atoms with Crippen molar-refractivity contribution in [2.75, 3.05) is 5.73 Å². The molecule has 1 amide bonds. The van der Waals surface area contributed by atoms with E-state index in [1.165, 1.54) is 6.92 Å². The molecule has 9 nitrogen and oxygen atoms in total. The number of ketones is 1. The Labute approximate surface area is 231 Å². The van der Waals surface area contributed by atoms with Gasteiger partial charge in [0.15, 0.2) is 11.4 Å². The third-order valence-corrected chi connectivity index (χ3v) is 8.39. The van der Waals surface area contributed by atoms with Gasteiger partial charge in [-0.2, -0.15) is 9.61 Å². The molecule has 0 aliphatic carbocycles. The highest BCUT2D eigenvalue weighted by molar-refractivity contribution is 6.00. The average Bonchev–Trinajstić information content (AvgIpc) is 3.71. The number of nitrogens with one attached hydrogen (secondary N) is 1. The minimum absolute atomic E-state index is 0.0118. The number of H-pyrrole nitrogens is 1. The van der Waals surface area contributed by atoms with Crippen molar-refractivity contribution < 1.29 is 9.59 Å². The predicted octanol–water partition coefficient (Wildman–Crippen LogP) is 5.12. The van der Waals surface area contributed by atoms with Crippen LogP contribution in [0.3, 0.4) is 0 Å². The maximum atomic E-state index is 13.2. The van der Waals surface area contributed by atoms with Gasteiger partial charge in [0, 0.05) is 47.1 Å². The summed E-state index contributed by atoms with van der Waals surface area (Å²) in [6.45, 7) is 1.53. The van der Waals surface area contributed by atoms with E-state index < -0.39 is 0 Å². The molecule has 9 heteroatoms. The summed E-state index contributed by atoms with van der Waals surface area (Å²) in [6.07, 6.45) is 8.69. The first kappa shape index (κ1) is 24.3. The summed E-state index contributed by atoms with van der Waals surface area (Å²) in [5.41, 5.74) is 12.5. The zero-order chi connectivity index (χ0) is 27.4. The van der Waals surface area contributed by atoms with Gasteiger partial charge >= 0.3 is 0 Å². The number of aromatic amines is 1. The van der Waals surface area contributed by atoms with Gasteiger partial charge in [0.25, 0.3) is 5.91 Å². The Hall–Kier alpha value is -4.79. The minimum atomic E-state index is -0.134. The van der Waals surface area contributed by atoms with Crippen LogP contribution in [0, 0.1) is 0 Å². The summed E-state index contributed by atoms with van der Waals surface area (Å²) in [6, 6.07) is 17.9. The Bertz CT molecular complexity index is 1710. The number of rotatable bonds is 5. The molecule has 6 heterocycles. The first-order valence-corrected chi connectivity index (χ1v) is 13.7. The van der Waals surface area contributed by atoms with Gasteiger partial charge in [-0.25, -0.2) is 4.98 Å². The second kappa shape index (κ2) is 9.44. The summed E-state index contributed by atoms with van der Waals surface area (Å²) in [5, 5.41) is 4.50. The molecule has 2 aliphatic heterocycles. The molecule has 0 spiro atoms. The SMILES string of the molecule is CC(=O)c1c(C2C[C@H]3CC[C@@H](C2)N3C(=O)c2ccc[nH]2)nc2c(-c3ccc(-c4ccccc4)nc3)cnn2c1N. The van der Waals surface area contributed by atoms with E-state index in [0.717, 1.165) is 48.1 Å². The molecule has 3 atom stereocenters. The number of carbonyl (C=O) groups excluding carboxylic acids is 2. The zero-order valence-corrected chi connectivity index (χ0v) is 22.1. The first-order valence-electron chi connectivity index (χ1n) is 13.7. The van der Waals surface area contributed by atoms with E-state index in [1.54, 1.807) is 16.9 Å². The number of piperidine rings is 1. The smallest absolute Gasteiger partial charge is 0.270 e. The van der Waals surface area contributed by atoms with E-state index in [9.17, 15) is 9.59 Å². The Balaban J connectivity index is 1.26. The summed E-state index contributed by atoms with van der Waals surface area (Å²) in [7, 11) is 0. The lowest BCUT2D eigenvalue weighted by Crippen LogP contribution is -2.46. The number of nitrogens with two attached hydrogens (primary N) is 1. The first-order chi connectivity index (χ1) is 19.5. The highest BCUT2D eigenvalue weighted by Crippen LogP contribution is 2.45. The van der Waals surface area contributed by atoms with Gasteiger partial charge in [0.05, 0.1) is 23.1 Å². The lowest BCUT2D eigenvalue weighted by molar-refractivity contribution is 0.0563. The Morgan fingerprint density at radius 3 is 2.38 bits per heavy atom. The lowest BCUT2D eigenvalue weighted by atomic mass is 9.85. The molecule has 40 heavy (non-hydrogen) atoms. The normalized spacial score (nSPS) is 20.2. The largest absolute Gasteiger partial charge is 0.383 e. The van der Waals surface area contributed by atoms with Gasteiger partial charge in [-0.15, -0.1) is 0 Å².